The van der Waals surface area contributed by atoms with Crippen LogP contribution in [0.1, 0.15) is 36.1 Å². The van der Waals surface area contributed by atoms with E-state index in [9.17, 15) is 4.79 Å². The molecule has 0 aliphatic heterocycles. The Kier molecular flexibility index (Phi) is 8.04. The van der Waals surface area contributed by atoms with Crippen molar-refractivity contribution in [3.8, 4) is 0 Å². The lowest BCUT2D eigenvalue weighted by Crippen LogP contribution is -2.41. The number of aryl methyl sites for hydroxylation is 3. The highest BCUT2D eigenvalue weighted by molar-refractivity contribution is 7.80. The molecule has 0 saturated carbocycles. The number of benzene rings is 2. The van der Waals surface area contributed by atoms with Gasteiger partial charge in [-0.15, -0.1) is 0 Å². The first kappa shape index (κ1) is 24.0. The first-order valence-electron chi connectivity index (χ1n) is 11.3. The van der Waals surface area contributed by atoms with Crippen LogP contribution in [0.5, 0.6) is 0 Å². The molecular formula is C26H34N4OS. The second kappa shape index (κ2) is 10.7. The third-order valence-corrected chi connectivity index (χ3v) is 6.43. The van der Waals surface area contributed by atoms with Crippen LogP contribution in [0.15, 0.2) is 47.3 Å². The summed E-state index contributed by atoms with van der Waals surface area (Å²) in [6.07, 6.45) is 0. The Labute approximate surface area is 196 Å². The SMILES string of the molecule is CCN(CC)CCN(Cc1cc2cc(C)c(C)cc2[nH]c1=O)C(=S)Nc1ccc(C)cc1. The minimum atomic E-state index is -0.0632. The van der Waals surface area contributed by atoms with Gasteiger partial charge < -0.3 is 20.1 Å². The number of fused-ring (bicyclic) bond motifs is 1. The normalized spacial score (nSPS) is 11.2. The van der Waals surface area contributed by atoms with Crippen molar-refractivity contribution in [2.75, 3.05) is 31.5 Å². The lowest BCUT2D eigenvalue weighted by molar-refractivity contribution is 0.266. The standard InChI is InChI=1S/C26H34N4OS/c1-6-29(7-2)12-13-30(26(32)27-23-10-8-18(3)9-11-23)17-22-16-21-14-19(4)20(5)15-24(21)28-25(22)31/h8-11,14-16H,6-7,12-13,17H2,1-5H3,(H,27,32)(H,28,31). The predicted molar refractivity (Wildman–Crippen MR) is 140 cm³/mol. The maximum Gasteiger partial charge on any atom is 0.253 e. The zero-order valence-electron chi connectivity index (χ0n) is 19.8. The number of anilines is 1. The summed E-state index contributed by atoms with van der Waals surface area (Å²) in [7, 11) is 0. The number of aromatic amines is 1. The number of rotatable bonds is 8. The van der Waals surface area contributed by atoms with Crippen molar-refractivity contribution in [2.45, 2.75) is 41.2 Å². The molecule has 0 radical (unpaired) electrons. The Morgan fingerprint density at radius 3 is 2.28 bits per heavy atom. The predicted octanol–water partition coefficient (Wildman–Crippen LogP) is 4.99. The Bertz CT molecular complexity index is 1130. The topological polar surface area (TPSA) is 51.4 Å². The van der Waals surface area contributed by atoms with Gasteiger partial charge in [0.25, 0.3) is 5.56 Å². The number of aromatic nitrogens is 1. The van der Waals surface area contributed by atoms with Crippen LogP contribution in [-0.4, -0.2) is 46.1 Å². The van der Waals surface area contributed by atoms with E-state index in [1.54, 1.807) is 0 Å². The smallest absolute Gasteiger partial charge is 0.253 e. The number of nitrogens with zero attached hydrogens (tertiary/aromatic N) is 2. The van der Waals surface area contributed by atoms with Crippen molar-refractivity contribution >= 4 is 33.9 Å². The van der Waals surface area contributed by atoms with Crippen LogP contribution in [-0.2, 0) is 6.54 Å². The molecule has 170 valence electrons. The Morgan fingerprint density at radius 1 is 0.969 bits per heavy atom. The van der Waals surface area contributed by atoms with Crippen LogP contribution >= 0.6 is 12.2 Å². The molecule has 0 aliphatic rings. The first-order valence-corrected chi connectivity index (χ1v) is 11.7. The van der Waals surface area contributed by atoms with Crippen molar-refractivity contribution in [3.63, 3.8) is 0 Å². The Morgan fingerprint density at radius 2 is 1.62 bits per heavy atom. The minimum Gasteiger partial charge on any atom is -0.343 e. The van der Waals surface area contributed by atoms with Crippen molar-refractivity contribution < 1.29 is 0 Å². The van der Waals surface area contributed by atoms with Gasteiger partial charge in [-0.05, 0) is 92.9 Å². The maximum absolute atomic E-state index is 12.9. The first-order chi connectivity index (χ1) is 15.3. The van der Waals surface area contributed by atoms with Gasteiger partial charge in [0.15, 0.2) is 5.11 Å². The van der Waals surface area contributed by atoms with E-state index in [1.807, 2.05) is 24.3 Å². The molecule has 0 bridgehead atoms. The number of hydrogen-bond acceptors (Lipinski definition) is 3. The summed E-state index contributed by atoms with van der Waals surface area (Å²) >= 11 is 5.78. The molecule has 2 N–H and O–H groups in total. The highest BCUT2D eigenvalue weighted by atomic mass is 32.1. The summed E-state index contributed by atoms with van der Waals surface area (Å²) in [6.45, 7) is 14.6. The van der Waals surface area contributed by atoms with E-state index in [0.29, 0.717) is 17.2 Å². The second-order valence-electron chi connectivity index (χ2n) is 8.39. The molecule has 1 aromatic heterocycles. The van der Waals surface area contributed by atoms with Crippen LogP contribution in [0, 0.1) is 20.8 Å². The Balaban J connectivity index is 1.87. The van der Waals surface area contributed by atoms with Gasteiger partial charge >= 0.3 is 0 Å². The van der Waals surface area contributed by atoms with E-state index < -0.39 is 0 Å². The molecule has 0 unspecified atom stereocenters. The molecule has 1 heterocycles. The molecule has 3 rings (SSSR count). The van der Waals surface area contributed by atoms with Gasteiger partial charge in [0.05, 0.1) is 6.54 Å². The third-order valence-electron chi connectivity index (χ3n) is 6.07. The number of nitrogens with one attached hydrogen (secondary N) is 2. The summed E-state index contributed by atoms with van der Waals surface area (Å²) in [6, 6.07) is 14.3. The van der Waals surface area contributed by atoms with E-state index in [4.69, 9.17) is 12.2 Å². The molecule has 2 aromatic carbocycles. The quantitative estimate of drug-likeness (QED) is 0.473. The fourth-order valence-electron chi connectivity index (χ4n) is 3.74. The lowest BCUT2D eigenvalue weighted by Gasteiger charge is -2.29. The highest BCUT2D eigenvalue weighted by Gasteiger charge is 2.15. The van der Waals surface area contributed by atoms with Crippen LogP contribution in [0.2, 0.25) is 0 Å². The summed E-state index contributed by atoms with van der Waals surface area (Å²) < 4.78 is 0. The van der Waals surface area contributed by atoms with Gasteiger partial charge in [-0.3, -0.25) is 4.79 Å². The average molecular weight is 451 g/mol. The van der Waals surface area contributed by atoms with E-state index in [1.165, 1.54) is 16.7 Å². The van der Waals surface area contributed by atoms with Gasteiger partial charge in [0.2, 0.25) is 0 Å². The maximum atomic E-state index is 12.9. The van der Waals surface area contributed by atoms with Crippen LogP contribution < -0.4 is 10.9 Å². The van der Waals surface area contributed by atoms with E-state index in [0.717, 1.165) is 42.8 Å². The molecule has 32 heavy (non-hydrogen) atoms. The van der Waals surface area contributed by atoms with E-state index in [2.05, 4.69) is 72.9 Å². The van der Waals surface area contributed by atoms with E-state index >= 15 is 0 Å². The second-order valence-corrected chi connectivity index (χ2v) is 8.78. The average Bonchev–Trinajstić information content (AvgIpc) is 2.76. The van der Waals surface area contributed by atoms with Crippen LogP contribution in [0.25, 0.3) is 10.9 Å². The zero-order chi connectivity index (χ0) is 23.3. The van der Waals surface area contributed by atoms with Crippen LogP contribution in [0.4, 0.5) is 5.69 Å². The Hall–Kier alpha value is -2.70. The van der Waals surface area contributed by atoms with Crippen molar-refractivity contribution in [2.24, 2.45) is 0 Å². The number of likely N-dealkylation sites (N-methyl/N-ethyl adjacent to an activating group) is 1. The van der Waals surface area contributed by atoms with Gasteiger partial charge in [-0.1, -0.05) is 31.5 Å². The molecule has 3 aromatic rings. The molecule has 0 saturated heterocycles. The summed E-state index contributed by atoms with van der Waals surface area (Å²) in [5.41, 5.74) is 6.06. The molecule has 0 amide bonds. The summed E-state index contributed by atoms with van der Waals surface area (Å²) in [4.78, 5) is 20.4. The monoisotopic (exact) mass is 450 g/mol. The summed E-state index contributed by atoms with van der Waals surface area (Å²) in [5.74, 6) is 0. The van der Waals surface area contributed by atoms with Gasteiger partial charge in [-0.25, -0.2) is 0 Å². The third kappa shape index (κ3) is 5.96. The summed E-state index contributed by atoms with van der Waals surface area (Å²) in [5, 5.41) is 5.02. The largest absolute Gasteiger partial charge is 0.343 e. The number of thiocarbonyl (C=S) groups is 1. The number of H-pyrrole nitrogens is 1. The zero-order valence-corrected chi connectivity index (χ0v) is 20.6. The number of hydrogen-bond donors (Lipinski definition) is 2. The van der Waals surface area contributed by atoms with Gasteiger partial charge in [0.1, 0.15) is 0 Å². The molecular weight excluding hydrogens is 416 g/mol. The van der Waals surface area contributed by atoms with Crippen molar-refractivity contribution in [3.05, 3.63) is 75.1 Å². The van der Waals surface area contributed by atoms with Crippen molar-refractivity contribution in [1.29, 1.82) is 0 Å². The van der Waals surface area contributed by atoms with Crippen LogP contribution in [0.3, 0.4) is 0 Å². The molecule has 0 fully saturated rings. The number of pyridine rings is 1. The van der Waals surface area contributed by atoms with Gasteiger partial charge in [-0.2, -0.15) is 0 Å². The molecule has 0 spiro atoms. The molecule has 0 atom stereocenters. The van der Waals surface area contributed by atoms with Crippen molar-refractivity contribution in [1.82, 2.24) is 14.8 Å². The highest BCUT2D eigenvalue weighted by Crippen LogP contribution is 2.18. The van der Waals surface area contributed by atoms with E-state index in [-0.39, 0.29) is 5.56 Å². The molecule has 0 aliphatic carbocycles. The molecule has 5 nitrogen and oxygen atoms in total. The lowest BCUT2D eigenvalue weighted by atomic mass is 10.0. The fraction of sp³-hybridized carbons (Fsp3) is 0.385. The minimum absolute atomic E-state index is 0.0632. The van der Waals surface area contributed by atoms with Gasteiger partial charge in [0, 0.05) is 29.9 Å². The fourth-order valence-corrected chi connectivity index (χ4v) is 4.01. The molecule has 6 heteroatoms.